The highest BCUT2D eigenvalue weighted by Gasteiger charge is 2.17. The number of hydrogen-bond donors (Lipinski definition) is 1. The van der Waals surface area contributed by atoms with E-state index in [0.29, 0.717) is 0 Å². The quantitative estimate of drug-likeness (QED) is 0.913. The Bertz CT molecular complexity index is 788. The number of para-hydroxylation sites is 1. The first kappa shape index (κ1) is 17.2. The highest BCUT2D eigenvalue weighted by molar-refractivity contribution is 7.91. The molecule has 2 rings (SSSR count). The molecule has 0 fully saturated rings. The zero-order valence-electron chi connectivity index (χ0n) is 13.6. The van der Waals surface area contributed by atoms with Crippen molar-refractivity contribution in [2.75, 3.05) is 11.1 Å². The second kappa shape index (κ2) is 6.96. The molecule has 0 bridgehead atoms. The number of carbonyl (C=O) groups excluding carboxylic acids is 1. The minimum absolute atomic E-state index is 0.0655. The summed E-state index contributed by atoms with van der Waals surface area (Å²) in [5.41, 5.74) is 3.67. The van der Waals surface area contributed by atoms with E-state index in [1.807, 2.05) is 39.0 Å². The van der Waals surface area contributed by atoms with E-state index >= 15 is 0 Å². The number of hydrogen-bond acceptors (Lipinski definition) is 3. The van der Waals surface area contributed by atoms with Crippen LogP contribution < -0.4 is 5.32 Å². The first-order valence-electron chi connectivity index (χ1n) is 7.45. The Balaban J connectivity index is 2.03. The van der Waals surface area contributed by atoms with Crippen molar-refractivity contribution < 1.29 is 13.2 Å². The van der Waals surface area contributed by atoms with Crippen LogP contribution in [-0.4, -0.2) is 20.1 Å². The summed E-state index contributed by atoms with van der Waals surface area (Å²) in [5, 5.41) is 2.81. The highest BCUT2D eigenvalue weighted by atomic mass is 32.2. The highest BCUT2D eigenvalue weighted by Crippen LogP contribution is 2.20. The molecule has 0 unspecified atom stereocenters. The number of rotatable bonds is 5. The molecule has 0 aliphatic rings. The summed E-state index contributed by atoms with van der Waals surface area (Å²) in [6.07, 6.45) is -0.0655. The molecule has 0 heterocycles. The van der Waals surface area contributed by atoms with Crippen LogP contribution in [0.3, 0.4) is 0 Å². The van der Waals surface area contributed by atoms with Gasteiger partial charge in [0.05, 0.1) is 10.6 Å². The van der Waals surface area contributed by atoms with Crippen molar-refractivity contribution >= 4 is 21.4 Å². The second-order valence-electron chi connectivity index (χ2n) is 5.70. The standard InChI is InChI=1S/C18H21NO3S/c1-13-7-9-16(10-8-13)23(21,22)12-11-17(20)19-18-14(2)5-4-6-15(18)3/h4-10H,11-12H2,1-3H3,(H,19,20). The fraction of sp³-hybridized carbons (Fsp3) is 0.278. The van der Waals surface area contributed by atoms with E-state index in [2.05, 4.69) is 5.32 Å². The molecule has 1 amide bonds. The average Bonchev–Trinajstić information content (AvgIpc) is 2.50. The van der Waals surface area contributed by atoms with E-state index < -0.39 is 9.84 Å². The van der Waals surface area contributed by atoms with Crippen LogP contribution in [0.5, 0.6) is 0 Å². The topological polar surface area (TPSA) is 63.2 Å². The third-order valence-corrected chi connectivity index (χ3v) is 5.46. The van der Waals surface area contributed by atoms with Gasteiger partial charge in [0.1, 0.15) is 0 Å². The Morgan fingerprint density at radius 2 is 1.52 bits per heavy atom. The number of carbonyl (C=O) groups is 1. The van der Waals surface area contributed by atoms with Gasteiger partial charge in [-0.3, -0.25) is 4.79 Å². The van der Waals surface area contributed by atoms with Crippen molar-refractivity contribution in [1.82, 2.24) is 0 Å². The monoisotopic (exact) mass is 331 g/mol. The number of anilines is 1. The predicted molar refractivity (Wildman–Crippen MR) is 92.4 cm³/mol. The van der Waals surface area contributed by atoms with Gasteiger partial charge in [0, 0.05) is 12.1 Å². The summed E-state index contributed by atoms with van der Waals surface area (Å²) in [6, 6.07) is 12.4. The molecule has 0 aliphatic heterocycles. The number of nitrogens with one attached hydrogen (secondary N) is 1. The Hall–Kier alpha value is -2.14. The lowest BCUT2D eigenvalue weighted by atomic mass is 10.1. The minimum atomic E-state index is -3.45. The maximum atomic E-state index is 12.3. The van der Waals surface area contributed by atoms with Gasteiger partial charge in [-0.05, 0) is 44.0 Å². The van der Waals surface area contributed by atoms with Gasteiger partial charge in [0.25, 0.3) is 0 Å². The maximum absolute atomic E-state index is 12.3. The molecule has 1 N–H and O–H groups in total. The molecular formula is C18H21NO3S. The Morgan fingerprint density at radius 1 is 0.957 bits per heavy atom. The molecule has 5 heteroatoms. The van der Waals surface area contributed by atoms with Crippen molar-refractivity contribution in [3.05, 3.63) is 59.2 Å². The van der Waals surface area contributed by atoms with Crippen LogP contribution in [0.1, 0.15) is 23.1 Å². The summed E-state index contributed by atoms with van der Waals surface area (Å²) in [6.45, 7) is 5.71. The number of benzene rings is 2. The molecule has 122 valence electrons. The summed E-state index contributed by atoms with van der Waals surface area (Å²) < 4.78 is 24.5. The number of sulfone groups is 1. The first-order chi connectivity index (χ1) is 10.8. The summed E-state index contributed by atoms with van der Waals surface area (Å²) in [7, 11) is -3.45. The summed E-state index contributed by atoms with van der Waals surface area (Å²) in [4.78, 5) is 12.3. The smallest absolute Gasteiger partial charge is 0.225 e. The van der Waals surface area contributed by atoms with Crippen LogP contribution in [-0.2, 0) is 14.6 Å². The van der Waals surface area contributed by atoms with Gasteiger partial charge in [-0.2, -0.15) is 0 Å². The molecule has 2 aromatic rings. The minimum Gasteiger partial charge on any atom is -0.326 e. The van der Waals surface area contributed by atoms with Gasteiger partial charge in [0.2, 0.25) is 5.91 Å². The van der Waals surface area contributed by atoms with Crippen molar-refractivity contribution in [1.29, 1.82) is 0 Å². The number of aryl methyl sites for hydroxylation is 3. The fourth-order valence-corrected chi connectivity index (χ4v) is 3.54. The van der Waals surface area contributed by atoms with E-state index in [9.17, 15) is 13.2 Å². The van der Waals surface area contributed by atoms with Gasteiger partial charge in [0.15, 0.2) is 9.84 Å². The molecule has 0 atom stereocenters. The predicted octanol–water partition coefficient (Wildman–Crippen LogP) is 3.41. The zero-order valence-corrected chi connectivity index (χ0v) is 14.4. The third kappa shape index (κ3) is 4.42. The lowest BCUT2D eigenvalue weighted by Gasteiger charge is -2.11. The van der Waals surface area contributed by atoms with Gasteiger partial charge in [-0.25, -0.2) is 8.42 Å². The maximum Gasteiger partial charge on any atom is 0.225 e. The Kier molecular flexibility index (Phi) is 5.21. The van der Waals surface area contributed by atoms with E-state index in [1.54, 1.807) is 24.3 Å². The van der Waals surface area contributed by atoms with Crippen LogP contribution in [0.4, 0.5) is 5.69 Å². The molecule has 0 radical (unpaired) electrons. The van der Waals surface area contributed by atoms with Crippen LogP contribution in [0.15, 0.2) is 47.4 Å². The lowest BCUT2D eigenvalue weighted by Crippen LogP contribution is -2.18. The van der Waals surface area contributed by atoms with Gasteiger partial charge < -0.3 is 5.32 Å². The van der Waals surface area contributed by atoms with Crippen LogP contribution in [0.25, 0.3) is 0 Å². The van der Waals surface area contributed by atoms with E-state index in [1.165, 1.54) is 0 Å². The Labute approximate surface area is 137 Å². The van der Waals surface area contributed by atoms with E-state index in [4.69, 9.17) is 0 Å². The average molecular weight is 331 g/mol. The van der Waals surface area contributed by atoms with Crippen LogP contribution in [0, 0.1) is 20.8 Å². The molecule has 0 aliphatic carbocycles. The Morgan fingerprint density at radius 3 is 2.09 bits per heavy atom. The molecule has 4 nitrogen and oxygen atoms in total. The molecule has 0 spiro atoms. The SMILES string of the molecule is Cc1ccc(S(=O)(=O)CCC(=O)Nc2c(C)cccc2C)cc1. The summed E-state index contributed by atoms with van der Waals surface area (Å²) >= 11 is 0. The first-order valence-corrected chi connectivity index (χ1v) is 9.10. The molecule has 0 aromatic heterocycles. The largest absolute Gasteiger partial charge is 0.326 e. The molecule has 0 saturated carbocycles. The third-order valence-electron chi connectivity index (χ3n) is 3.72. The molecule has 2 aromatic carbocycles. The molecular weight excluding hydrogens is 310 g/mol. The molecule has 0 saturated heterocycles. The lowest BCUT2D eigenvalue weighted by molar-refractivity contribution is -0.115. The van der Waals surface area contributed by atoms with Gasteiger partial charge >= 0.3 is 0 Å². The van der Waals surface area contributed by atoms with Crippen molar-refractivity contribution in [2.45, 2.75) is 32.1 Å². The van der Waals surface area contributed by atoms with Crippen molar-refractivity contribution in [2.24, 2.45) is 0 Å². The summed E-state index contributed by atoms with van der Waals surface area (Å²) in [5.74, 6) is -0.495. The van der Waals surface area contributed by atoms with Gasteiger partial charge in [-0.15, -0.1) is 0 Å². The van der Waals surface area contributed by atoms with Crippen LogP contribution >= 0.6 is 0 Å². The van der Waals surface area contributed by atoms with Crippen molar-refractivity contribution in [3.63, 3.8) is 0 Å². The second-order valence-corrected chi connectivity index (χ2v) is 7.81. The number of amides is 1. The fourth-order valence-electron chi connectivity index (χ4n) is 2.30. The van der Waals surface area contributed by atoms with E-state index in [0.717, 1.165) is 22.4 Å². The molecule has 23 heavy (non-hydrogen) atoms. The van der Waals surface area contributed by atoms with E-state index in [-0.39, 0.29) is 23.0 Å². The van der Waals surface area contributed by atoms with Crippen molar-refractivity contribution in [3.8, 4) is 0 Å². The zero-order chi connectivity index (χ0) is 17.0. The van der Waals surface area contributed by atoms with Gasteiger partial charge in [-0.1, -0.05) is 35.9 Å². The van der Waals surface area contributed by atoms with Crippen LogP contribution in [0.2, 0.25) is 0 Å². The normalized spacial score (nSPS) is 11.3.